The van der Waals surface area contributed by atoms with Crippen LogP contribution in [0.3, 0.4) is 0 Å². The maximum Gasteiger partial charge on any atom is 0.498 e. The minimum Gasteiger partial charge on any atom is -0.481 e. The molecule has 0 radical (unpaired) electrons. The van der Waals surface area contributed by atoms with Crippen LogP contribution >= 0.6 is 0 Å². The fourth-order valence-electron chi connectivity index (χ4n) is 3.38. The molecule has 8 nitrogen and oxygen atoms in total. The maximum absolute atomic E-state index is 11.8. The third-order valence-corrected chi connectivity index (χ3v) is 7.50. The number of hydrogen-bond acceptors (Lipinski definition) is 6. The summed E-state index contributed by atoms with van der Waals surface area (Å²) < 4.78 is 37.2. The van der Waals surface area contributed by atoms with E-state index in [0.29, 0.717) is 5.46 Å². The van der Waals surface area contributed by atoms with E-state index in [2.05, 4.69) is 5.10 Å². The van der Waals surface area contributed by atoms with Crippen molar-refractivity contribution in [2.45, 2.75) is 63.7 Å². The largest absolute Gasteiger partial charge is 0.498 e. The standard InChI is InChI=1S/C16H25BN2O6S/c1-14(2)15(3,4)25-17(24-14)12-10-18-19(11-12)16(9-13(20)21)5-7-26(22,23)8-6-16/h10-11H,5-9H2,1-4H3,(H,20,21). The molecule has 2 aliphatic rings. The molecule has 2 fully saturated rings. The highest BCUT2D eigenvalue weighted by Crippen LogP contribution is 2.37. The Morgan fingerprint density at radius 1 is 1.23 bits per heavy atom. The lowest BCUT2D eigenvalue weighted by molar-refractivity contribution is -0.139. The molecule has 0 atom stereocenters. The van der Waals surface area contributed by atoms with Gasteiger partial charge in [0.1, 0.15) is 0 Å². The second kappa shape index (κ2) is 6.07. The van der Waals surface area contributed by atoms with Crippen molar-refractivity contribution >= 4 is 28.4 Å². The summed E-state index contributed by atoms with van der Waals surface area (Å²) in [7, 11) is -3.72. The highest BCUT2D eigenvalue weighted by Gasteiger charge is 2.52. The lowest BCUT2D eigenvalue weighted by Gasteiger charge is -2.36. The first kappa shape index (κ1) is 19.4. The van der Waals surface area contributed by atoms with Crippen molar-refractivity contribution in [1.82, 2.24) is 9.78 Å². The number of aliphatic carboxylic acids is 1. The Morgan fingerprint density at radius 2 is 1.77 bits per heavy atom. The third-order valence-electron chi connectivity index (χ3n) is 5.85. The molecule has 0 unspecified atom stereocenters. The molecule has 1 N–H and O–H groups in total. The molecule has 2 saturated heterocycles. The fraction of sp³-hybridized carbons (Fsp3) is 0.750. The molecule has 0 aromatic carbocycles. The van der Waals surface area contributed by atoms with E-state index in [-0.39, 0.29) is 30.8 Å². The van der Waals surface area contributed by atoms with E-state index in [1.54, 1.807) is 17.1 Å². The van der Waals surface area contributed by atoms with Gasteiger partial charge in [0, 0.05) is 17.9 Å². The Morgan fingerprint density at radius 3 is 2.27 bits per heavy atom. The number of carboxylic acid groups (broad SMARTS) is 1. The lowest BCUT2D eigenvalue weighted by atomic mass is 9.81. The summed E-state index contributed by atoms with van der Waals surface area (Å²) in [5.74, 6) is -1.05. The first-order chi connectivity index (χ1) is 11.9. The number of carboxylic acids is 1. The quantitative estimate of drug-likeness (QED) is 0.756. The number of rotatable bonds is 4. The van der Waals surface area contributed by atoms with Crippen molar-refractivity contribution in [1.29, 1.82) is 0 Å². The topological polar surface area (TPSA) is 108 Å². The molecule has 3 rings (SSSR count). The first-order valence-corrected chi connectivity index (χ1v) is 10.5. The van der Waals surface area contributed by atoms with Crippen molar-refractivity contribution in [2.24, 2.45) is 0 Å². The molecule has 2 aliphatic heterocycles. The van der Waals surface area contributed by atoms with E-state index in [9.17, 15) is 18.3 Å². The van der Waals surface area contributed by atoms with Gasteiger partial charge in [0.25, 0.3) is 0 Å². The molecule has 26 heavy (non-hydrogen) atoms. The van der Waals surface area contributed by atoms with Crippen LogP contribution in [0.2, 0.25) is 0 Å². The van der Waals surface area contributed by atoms with Crippen molar-refractivity contribution < 1.29 is 27.6 Å². The van der Waals surface area contributed by atoms with E-state index >= 15 is 0 Å². The molecule has 0 amide bonds. The maximum atomic E-state index is 11.8. The van der Waals surface area contributed by atoms with E-state index in [1.807, 2.05) is 27.7 Å². The van der Waals surface area contributed by atoms with Gasteiger partial charge in [0.05, 0.1) is 34.7 Å². The van der Waals surface area contributed by atoms with Gasteiger partial charge in [-0.05, 0) is 40.5 Å². The van der Waals surface area contributed by atoms with Crippen LogP contribution in [0.25, 0.3) is 0 Å². The summed E-state index contributed by atoms with van der Waals surface area (Å²) in [5, 5.41) is 13.7. The Labute approximate surface area is 153 Å². The molecule has 0 bridgehead atoms. The van der Waals surface area contributed by atoms with Crippen molar-refractivity contribution in [3.63, 3.8) is 0 Å². The molecule has 0 spiro atoms. The fourth-order valence-corrected chi connectivity index (χ4v) is 4.97. The molecule has 10 heteroatoms. The van der Waals surface area contributed by atoms with Gasteiger partial charge in [-0.2, -0.15) is 5.10 Å². The highest BCUT2D eigenvalue weighted by atomic mass is 32.2. The zero-order valence-electron chi connectivity index (χ0n) is 15.6. The van der Waals surface area contributed by atoms with Gasteiger partial charge in [-0.15, -0.1) is 0 Å². The summed E-state index contributed by atoms with van der Waals surface area (Å²) in [6.45, 7) is 7.81. The average molecular weight is 384 g/mol. The van der Waals surface area contributed by atoms with Crippen molar-refractivity contribution in [3.05, 3.63) is 12.4 Å². The summed E-state index contributed by atoms with van der Waals surface area (Å²) in [6.07, 6.45) is 3.61. The van der Waals surface area contributed by atoms with E-state index in [1.165, 1.54) is 0 Å². The van der Waals surface area contributed by atoms with Crippen molar-refractivity contribution in [3.8, 4) is 0 Å². The summed E-state index contributed by atoms with van der Waals surface area (Å²) in [5.41, 5.74) is -1.13. The molecule has 1 aromatic rings. The Hall–Kier alpha value is -1.39. The van der Waals surface area contributed by atoms with Crippen LogP contribution in [0.5, 0.6) is 0 Å². The third kappa shape index (κ3) is 3.42. The number of sulfone groups is 1. The Kier molecular flexibility index (Phi) is 4.52. The monoisotopic (exact) mass is 384 g/mol. The van der Waals surface area contributed by atoms with Gasteiger partial charge >= 0.3 is 13.1 Å². The van der Waals surface area contributed by atoms with Crippen LogP contribution in [0.1, 0.15) is 47.0 Å². The van der Waals surface area contributed by atoms with E-state index < -0.39 is 39.7 Å². The first-order valence-electron chi connectivity index (χ1n) is 8.69. The number of hydrogen-bond donors (Lipinski definition) is 1. The Balaban J connectivity index is 1.88. The van der Waals surface area contributed by atoms with Crippen LogP contribution in [0.15, 0.2) is 12.4 Å². The number of aromatic nitrogens is 2. The van der Waals surface area contributed by atoms with Crippen LogP contribution in [-0.2, 0) is 29.5 Å². The normalized spacial score (nSPS) is 25.9. The van der Waals surface area contributed by atoms with E-state index in [4.69, 9.17) is 9.31 Å². The number of carbonyl (C=O) groups is 1. The molecule has 0 aliphatic carbocycles. The van der Waals surface area contributed by atoms with Crippen LogP contribution in [0.4, 0.5) is 0 Å². The molecule has 0 saturated carbocycles. The molecule has 144 valence electrons. The van der Waals surface area contributed by atoms with Gasteiger partial charge in [-0.3, -0.25) is 9.48 Å². The van der Waals surface area contributed by atoms with Gasteiger partial charge in [-0.1, -0.05) is 0 Å². The zero-order valence-corrected chi connectivity index (χ0v) is 16.4. The summed E-state index contributed by atoms with van der Waals surface area (Å²) in [4.78, 5) is 11.4. The van der Waals surface area contributed by atoms with Crippen LogP contribution in [0, 0.1) is 0 Å². The summed E-state index contributed by atoms with van der Waals surface area (Å²) >= 11 is 0. The second-order valence-corrected chi connectivity index (χ2v) is 10.6. The molecule has 1 aromatic heterocycles. The van der Waals surface area contributed by atoms with Gasteiger partial charge in [-0.25, -0.2) is 8.42 Å². The lowest BCUT2D eigenvalue weighted by Crippen LogP contribution is -2.44. The second-order valence-electron chi connectivity index (χ2n) is 8.25. The van der Waals surface area contributed by atoms with E-state index in [0.717, 1.165) is 0 Å². The smallest absolute Gasteiger partial charge is 0.481 e. The molecular formula is C16H25BN2O6S. The highest BCUT2D eigenvalue weighted by molar-refractivity contribution is 7.91. The minimum absolute atomic E-state index is 0.0357. The SMILES string of the molecule is CC1(C)OB(c2cnn(C3(CC(=O)O)CCS(=O)(=O)CC3)c2)OC1(C)C. The zero-order chi connectivity index (χ0) is 19.4. The molecule has 3 heterocycles. The van der Waals surface area contributed by atoms with Crippen LogP contribution in [-0.4, -0.2) is 59.1 Å². The minimum atomic E-state index is -3.12. The molecular weight excluding hydrogens is 359 g/mol. The van der Waals surface area contributed by atoms with Crippen LogP contribution < -0.4 is 5.46 Å². The summed E-state index contributed by atoms with van der Waals surface area (Å²) in [6, 6.07) is 0. The van der Waals surface area contributed by atoms with Crippen molar-refractivity contribution in [2.75, 3.05) is 11.5 Å². The predicted molar refractivity (Wildman–Crippen MR) is 96.1 cm³/mol. The number of nitrogens with zero attached hydrogens (tertiary/aromatic N) is 2. The average Bonchev–Trinajstić information content (AvgIpc) is 3.05. The Bertz CT molecular complexity index is 786. The predicted octanol–water partition coefficient (Wildman–Crippen LogP) is 0.561. The van der Waals surface area contributed by atoms with Gasteiger partial charge in [0.2, 0.25) is 0 Å². The van der Waals surface area contributed by atoms with Gasteiger partial charge in [0.15, 0.2) is 9.84 Å². The van der Waals surface area contributed by atoms with Gasteiger partial charge < -0.3 is 14.4 Å².